The molecular weight excluding hydrogens is 284 g/mol. The van der Waals surface area contributed by atoms with Crippen LogP contribution in [0.2, 0.25) is 5.02 Å². The third-order valence-corrected chi connectivity index (χ3v) is 2.86. The number of carbonyl (C=O) groups is 1. The van der Waals surface area contributed by atoms with Crippen molar-refractivity contribution >= 4 is 34.7 Å². The summed E-state index contributed by atoms with van der Waals surface area (Å²) in [6, 6.07) is 6.92. The van der Waals surface area contributed by atoms with Crippen molar-refractivity contribution < 1.29 is 9.53 Å². The van der Waals surface area contributed by atoms with E-state index in [1.165, 1.54) is 0 Å². The molecule has 0 aliphatic heterocycles. The molecule has 0 saturated heterocycles. The van der Waals surface area contributed by atoms with Crippen LogP contribution < -0.4 is 10.5 Å². The minimum absolute atomic E-state index is 0.157. The molecule has 1 aromatic rings. The van der Waals surface area contributed by atoms with Gasteiger partial charge in [-0.3, -0.25) is 4.79 Å². The molecule has 0 spiro atoms. The SMILES string of the molecule is CCN(CC(N)=S)C(=O)C(C)Oc1cccc(Cl)c1. The van der Waals surface area contributed by atoms with Gasteiger partial charge in [-0.15, -0.1) is 0 Å². The van der Waals surface area contributed by atoms with Crippen LogP contribution in [0.3, 0.4) is 0 Å². The van der Waals surface area contributed by atoms with Crippen LogP contribution in [0.15, 0.2) is 24.3 Å². The molecule has 0 fully saturated rings. The van der Waals surface area contributed by atoms with Crippen molar-refractivity contribution in [2.45, 2.75) is 20.0 Å². The van der Waals surface area contributed by atoms with Crippen molar-refractivity contribution in [3.63, 3.8) is 0 Å². The smallest absolute Gasteiger partial charge is 0.263 e. The van der Waals surface area contributed by atoms with E-state index >= 15 is 0 Å². The second-order valence-corrected chi connectivity index (χ2v) is 5.00. The number of rotatable bonds is 6. The Labute approximate surface area is 123 Å². The molecule has 104 valence electrons. The highest BCUT2D eigenvalue weighted by Gasteiger charge is 2.21. The number of likely N-dealkylation sites (N-methyl/N-ethyl adjacent to an activating group) is 1. The van der Waals surface area contributed by atoms with Crippen molar-refractivity contribution in [1.82, 2.24) is 4.90 Å². The van der Waals surface area contributed by atoms with E-state index in [0.717, 1.165) is 0 Å². The molecule has 0 radical (unpaired) electrons. The molecule has 0 heterocycles. The fourth-order valence-electron chi connectivity index (χ4n) is 1.59. The van der Waals surface area contributed by atoms with Crippen LogP contribution in [0, 0.1) is 0 Å². The molecule has 1 aromatic carbocycles. The van der Waals surface area contributed by atoms with Gasteiger partial charge in [0.1, 0.15) is 5.75 Å². The third-order valence-electron chi connectivity index (χ3n) is 2.50. The monoisotopic (exact) mass is 300 g/mol. The Balaban J connectivity index is 2.68. The number of hydrogen-bond donors (Lipinski definition) is 1. The lowest BCUT2D eigenvalue weighted by atomic mass is 10.3. The number of hydrogen-bond acceptors (Lipinski definition) is 3. The molecule has 2 N–H and O–H groups in total. The van der Waals surface area contributed by atoms with Gasteiger partial charge >= 0.3 is 0 Å². The first-order chi connectivity index (χ1) is 8.93. The largest absolute Gasteiger partial charge is 0.481 e. The summed E-state index contributed by atoms with van der Waals surface area (Å²) in [5.41, 5.74) is 5.46. The van der Waals surface area contributed by atoms with E-state index in [-0.39, 0.29) is 17.4 Å². The Hall–Kier alpha value is -1.33. The Morgan fingerprint density at radius 2 is 2.26 bits per heavy atom. The van der Waals surface area contributed by atoms with Crippen LogP contribution in [0.4, 0.5) is 0 Å². The summed E-state index contributed by atoms with van der Waals surface area (Å²) in [4.78, 5) is 14.0. The topological polar surface area (TPSA) is 55.6 Å². The van der Waals surface area contributed by atoms with E-state index in [1.54, 1.807) is 36.1 Å². The van der Waals surface area contributed by atoms with Crippen molar-refractivity contribution in [2.75, 3.05) is 13.1 Å². The standard InChI is InChI=1S/C13H17ClN2O2S/c1-3-16(8-12(15)19)13(17)9(2)18-11-6-4-5-10(14)7-11/h4-7,9H,3,8H2,1-2H3,(H2,15,19). The summed E-state index contributed by atoms with van der Waals surface area (Å²) in [6.45, 7) is 4.33. The van der Waals surface area contributed by atoms with Gasteiger partial charge in [0.05, 0.1) is 11.5 Å². The van der Waals surface area contributed by atoms with Gasteiger partial charge in [-0.25, -0.2) is 0 Å². The van der Waals surface area contributed by atoms with E-state index in [0.29, 0.717) is 17.3 Å². The normalized spacial score (nSPS) is 11.7. The Kier molecular flexibility index (Phi) is 6.05. The Morgan fingerprint density at radius 1 is 1.58 bits per heavy atom. The maximum Gasteiger partial charge on any atom is 0.263 e. The van der Waals surface area contributed by atoms with Crippen LogP contribution in [0.25, 0.3) is 0 Å². The Morgan fingerprint density at radius 3 is 2.79 bits per heavy atom. The molecule has 1 amide bonds. The minimum Gasteiger partial charge on any atom is -0.481 e. The molecule has 1 atom stereocenters. The number of ether oxygens (including phenoxy) is 1. The van der Waals surface area contributed by atoms with E-state index < -0.39 is 6.10 Å². The highest BCUT2D eigenvalue weighted by Crippen LogP contribution is 2.18. The maximum atomic E-state index is 12.2. The molecule has 0 aliphatic carbocycles. The van der Waals surface area contributed by atoms with E-state index in [4.69, 9.17) is 34.3 Å². The van der Waals surface area contributed by atoms with Crippen LogP contribution >= 0.6 is 23.8 Å². The van der Waals surface area contributed by atoms with E-state index in [2.05, 4.69) is 0 Å². The van der Waals surface area contributed by atoms with Gasteiger partial charge in [0.25, 0.3) is 5.91 Å². The zero-order chi connectivity index (χ0) is 14.4. The molecule has 19 heavy (non-hydrogen) atoms. The van der Waals surface area contributed by atoms with Gasteiger partial charge < -0.3 is 15.4 Å². The molecular formula is C13H17ClN2O2S. The molecule has 0 bridgehead atoms. The number of nitrogens with two attached hydrogens (primary N) is 1. The van der Waals surface area contributed by atoms with Gasteiger partial charge in [-0.05, 0) is 32.0 Å². The summed E-state index contributed by atoms with van der Waals surface area (Å²) in [5, 5.41) is 0.563. The average molecular weight is 301 g/mol. The molecule has 0 aliphatic rings. The van der Waals surface area contributed by atoms with Gasteiger partial charge in [0.2, 0.25) is 0 Å². The molecule has 1 unspecified atom stereocenters. The predicted molar refractivity (Wildman–Crippen MR) is 80.6 cm³/mol. The summed E-state index contributed by atoms with van der Waals surface area (Å²) < 4.78 is 5.56. The van der Waals surface area contributed by atoms with Gasteiger partial charge in [0.15, 0.2) is 6.10 Å². The maximum absolute atomic E-state index is 12.2. The molecule has 1 rings (SSSR count). The van der Waals surface area contributed by atoms with E-state index in [1.807, 2.05) is 6.92 Å². The number of carbonyl (C=O) groups excluding carboxylic acids is 1. The molecule has 6 heteroatoms. The molecule has 0 saturated carbocycles. The number of thiocarbonyl (C=S) groups is 1. The highest BCUT2D eigenvalue weighted by atomic mass is 35.5. The average Bonchev–Trinajstić information content (AvgIpc) is 2.34. The van der Waals surface area contributed by atoms with Gasteiger partial charge in [-0.1, -0.05) is 29.9 Å². The van der Waals surface area contributed by atoms with Crippen molar-refractivity contribution in [3.8, 4) is 5.75 Å². The van der Waals surface area contributed by atoms with Gasteiger partial charge in [-0.2, -0.15) is 0 Å². The number of benzene rings is 1. The summed E-state index contributed by atoms with van der Waals surface area (Å²) in [7, 11) is 0. The molecule has 4 nitrogen and oxygen atoms in total. The lowest BCUT2D eigenvalue weighted by Gasteiger charge is -2.24. The highest BCUT2D eigenvalue weighted by molar-refractivity contribution is 7.80. The quantitative estimate of drug-likeness (QED) is 0.819. The summed E-state index contributed by atoms with van der Waals surface area (Å²) in [6.07, 6.45) is -0.618. The minimum atomic E-state index is -0.618. The van der Waals surface area contributed by atoms with Crippen LogP contribution in [-0.2, 0) is 4.79 Å². The van der Waals surface area contributed by atoms with Crippen molar-refractivity contribution in [2.24, 2.45) is 5.73 Å². The van der Waals surface area contributed by atoms with Gasteiger partial charge in [0, 0.05) is 11.6 Å². The van der Waals surface area contributed by atoms with Crippen LogP contribution in [0.1, 0.15) is 13.8 Å². The first kappa shape index (κ1) is 15.7. The van der Waals surface area contributed by atoms with Crippen molar-refractivity contribution in [3.05, 3.63) is 29.3 Å². The number of amides is 1. The lowest BCUT2D eigenvalue weighted by molar-refractivity contribution is -0.136. The van der Waals surface area contributed by atoms with Crippen LogP contribution in [-0.4, -0.2) is 35.0 Å². The van der Waals surface area contributed by atoms with E-state index in [9.17, 15) is 4.79 Å². The summed E-state index contributed by atoms with van der Waals surface area (Å²) in [5.74, 6) is 0.398. The lowest BCUT2D eigenvalue weighted by Crippen LogP contribution is -2.44. The Bertz CT molecular complexity index is 468. The zero-order valence-corrected chi connectivity index (χ0v) is 12.5. The third kappa shape index (κ3) is 5.04. The first-order valence-electron chi connectivity index (χ1n) is 5.93. The predicted octanol–water partition coefficient (Wildman–Crippen LogP) is 2.24. The second-order valence-electron chi connectivity index (χ2n) is 4.04. The fourth-order valence-corrected chi connectivity index (χ4v) is 1.92. The summed E-state index contributed by atoms with van der Waals surface area (Å²) >= 11 is 10.7. The second kappa shape index (κ2) is 7.31. The molecule has 0 aromatic heterocycles. The number of nitrogens with zero attached hydrogens (tertiary/aromatic N) is 1. The van der Waals surface area contributed by atoms with Crippen LogP contribution in [0.5, 0.6) is 5.75 Å². The first-order valence-corrected chi connectivity index (χ1v) is 6.72. The zero-order valence-electron chi connectivity index (χ0n) is 10.9. The fraction of sp³-hybridized carbons (Fsp3) is 0.385. The van der Waals surface area contributed by atoms with Crippen molar-refractivity contribution in [1.29, 1.82) is 0 Å². The number of halogens is 1.